The fraction of sp³-hybridized carbons (Fsp3) is 0.458. The molecule has 7 heteroatoms. The summed E-state index contributed by atoms with van der Waals surface area (Å²) >= 11 is 6.47. The maximum atomic E-state index is 13.2. The molecule has 0 aromatic heterocycles. The van der Waals surface area contributed by atoms with Gasteiger partial charge in [0.1, 0.15) is 5.75 Å². The van der Waals surface area contributed by atoms with Crippen LogP contribution in [0.15, 0.2) is 36.4 Å². The first-order valence-electron chi connectivity index (χ1n) is 10.8. The SMILES string of the molecule is CCCCOc1c(Cl)cc(C(=O)N2CCN(c3ccccc3OC)CC2)cc1OCC. The van der Waals surface area contributed by atoms with Crippen molar-refractivity contribution in [2.75, 3.05) is 51.4 Å². The van der Waals surface area contributed by atoms with E-state index in [0.29, 0.717) is 48.4 Å². The third kappa shape index (κ3) is 5.56. The Morgan fingerprint density at radius 2 is 1.77 bits per heavy atom. The van der Waals surface area contributed by atoms with Crippen molar-refractivity contribution in [3.8, 4) is 17.2 Å². The molecule has 168 valence electrons. The fourth-order valence-electron chi connectivity index (χ4n) is 3.64. The summed E-state index contributed by atoms with van der Waals surface area (Å²) < 4.78 is 17.0. The van der Waals surface area contributed by atoms with Crippen LogP contribution in [0.5, 0.6) is 17.2 Å². The van der Waals surface area contributed by atoms with Crippen LogP contribution in [-0.2, 0) is 0 Å². The predicted molar refractivity (Wildman–Crippen MR) is 124 cm³/mol. The van der Waals surface area contributed by atoms with Crippen molar-refractivity contribution in [3.63, 3.8) is 0 Å². The number of rotatable bonds is 9. The van der Waals surface area contributed by atoms with Crippen molar-refractivity contribution in [2.45, 2.75) is 26.7 Å². The van der Waals surface area contributed by atoms with Crippen LogP contribution in [0.2, 0.25) is 5.02 Å². The van der Waals surface area contributed by atoms with Crippen molar-refractivity contribution in [2.24, 2.45) is 0 Å². The molecule has 0 spiro atoms. The molecule has 1 saturated heterocycles. The number of benzene rings is 2. The zero-order valence-electron chi connectivity index (χ0n) is 18.5. The average molecular weight is 447 g/mol. The molecule has 0 N–H and O–H groups in total. The zero-order chi connectivity index (χ0) is 22.2. The minimum atomic E-state index is -0.0531. The van der Waals surface area contributed by atoms with Crippen LogP contribution in [0.1, 0.15) is 37.0 Å². The molecule has 1 aliphatic heterocycles. The first kappa shape index (κ1) is 23.1. The van der Waals surface area contributed by atoms with E-state index < -0.39 is 0 Å². The van der Waals surface area contributed by atoms with E-state index in [2.05, 4.69) is 11.8 Å². The van der Waals surface area contributed by atoms with Crippen LogP contribution in [0.25, 0.3) is 0 Å². The lowest BCUT2D eigenvalue weighted by Gasteiger charge is -2.36. The van der Waals surface area contributed by atoms with Crippen molar-refractivity contribution in [1.29, 1.82) is 0 Å². The predicted octanol–water partition coefficient (Wildman–Crippen LogP) is 4.89. The molecule has 0 bridgehead atoms. The smallest absolute Gasteiger partial charge is 0.254 e. The Morgan fingerprint density at radius 1 is 1.03 bits per heavy atom. The van der Waals surface area contributed by atoms with E-state index in [1.165, 1.54) is 0 Å². The van der Waals surface area contributed by atoms with Crippen molar-refractivity contribution in [1.82, 2.24) is 4.90 Å². The number of amides is 1. The number of carbonyl (C=O) groups excluding carboxylic acids is 1. The van der Waals surface area contributed by atoms with E-state index in [-0.39, 0.29) is 5.91 Å². The van der Waals surface area contributed by atoms with Gasteiger partial charge in [0, 0.05) is 31.7 Å². The topological polar surface area (TPSA) is 51.2 Å². The molecule has 0 saturated carbocycles. The quantitative estimate of drug-likeness (QED) is 0.513. The number of ether oxygens (including phenoxy) is 3. The molecule has 1 aliphatic rings. The lowest BCUT2D eigenvalue weighted by Crippen LogP contribution is -2.48. The number of carbonyl (C=O) groups is 1. The Labute approximate surface area is 189 Å². The van der Waals surface area contributed by atoms with Crippen LogP contribution in [-0.4, -0.2) is 57.3 Å². The van der Waals surface area contributed by atoms with Gasteiger partial charge in [-0.3, -0.25) is 4.79 Å². The number of methoxy groups -OCH3 is 1. The second-order valence-corrected chi connectivity index (χ2v) is 7.78. The number of para-hydroxylation sites is 2. The fourth-order valence-corrected chi connectivity index (χ4v) is 3.90. The Bertz CT molecular complexity index is 882. The molecule has 3 rings (SSSR count). The largest absolute Gasteiger partial charge is 0.495 e. The van der Waals surface area contributed by atoms with E-state index in [1.807, 2.05) is 36.1 Å². The molecule has 1 fully saturated rings. The minimum absolute atomic E-state index is 0.0531. The van der Waals surface area contributed by atoms with E-state index in [0.717, 1.165) is 37.4 Å². The summed E-state index contributed by atoms with van der Waals surface area (Å²) in [6, 6.07) is 11.4. The lowest BCUT2D eigenvalue weighted by atomic mass is 10.1. The zero-order valence-corrected chi connectivity index (χ0v) is 19.3. The van der Waals surface area contributed by atoms with E-state index in [4.69, 9.17) is 25.8 Å². The molecule has 0 aliphatic carbocycles. The Hall–Kier alpha value is -2.60. The molecule has 0 atom stereocenters. The summed E-state index contributed by atoms with van der Waals surface area (Å²) in [6.45, 7) is 7.73. The molecule has 1 amide bonds. The number of hydrogen-bond donors (Lipinski definition) is 0. The van der Waals surface area contributed by atoms with Gasteiger partial charge in [0.15, 0.2) is 11.5 Å². The van der Waals surface area contributed by atoms with E-state index in [9.17, 15) is 4.79 Å². The number of unbranched alkanes of at least 4 members (excludes halogenated alkanes) is 1. The van der Waals surface area contributed by atoms with Crippen LogP contribution >= 0.6 is 11.6 Å². The summed E-state index contributed by atoms with van der Waals surface area (Å²) in [5.41, 5.74) is 1.56. The summed E-state index contributed by atoms with van der Waals surface area (Å²) in [4.78, 5) is 17.3. The number of hydrogen-bond acceptors (Lipinski definition) is 5. The number of anilines is 1. The molecule has 6 nitrogen and oxygen atoms in total. The summed E-state index contributed by atoms with van der Waals surface area (Å²) in [7, 11) is 1.67. The van der Waals surface area contributed by atoms with Crippen LogP contribution in [0.3, 0.4) is 0 Å². The molecular weight excluding hydrogens is 416 g/mol. The molecular formula is C24H31ClN2O4. The highest BCUT2D eigenvalue weighted by Gasteiger charge is 2.25. The highest BCUT2D eigenvalue weighted by Crippen LogP contribution is 2.37. The highest BCUT2D eigenvalue weighted by molar-refractivity contribution is 6.32. The van der Waals surface area contributed by atoms with Gasteiger partial charge in [0.25, 0.3) is 5.91 Å². The molecule has 1 heterocycles. The van der Waals surface area contributed by atoms with E-state index in [1.54, 1.807) is 19.2 Å². The molecule has 0 unspecified atom stereocenters. The van der Waals surface area contributed by atoms with Gasteiger partial charge >= 0.3 is 0 Å². The van der Waals surface area contributed by atoms with Gasteiger partial charge in [-0.1, -0.05) is 37.1 Å². The third-order valence-electron chi connectivity index (χ3n) is 5.29. The van der Waals surface area contributed by atoms with Crippen LogP contribution in [0, 0.1) is 0 Å². The van der Waals surface area contributed by atoms with Gasteiger partial charge in [0.05, 0.1) is 31.0 Å². The van der Waals surface area contributed by atoms with Crippen LogP contribution in [0.4, 0.5) is 5.69 Å². The third-order valence-corrected chi connectivity index (χ3v) is 5.57. The van der Waals surface area contributed by atoms with Gasteiger partial charge in [-0.15, -0.1) is 0 Å². The Balaban J connectivity index is 1.71. The highest BCUT2D eigenvalue weighted by atomic mass is 35.5. The molecule has 2 aromatic carbocycles. The molecule has 2 aromatic rings. The standard InChI is InChI=1S/C24H31ClN2O4/c1-4-6-15-31-23-19(25)16-18(17-22(23)30-5-2)24(28)27-13-11-26(12-14-27)20-9-7-8-10-21(20)29-3/h7-10,16-17H,4-6,11-15H2,1-3H3. The van der Waals surface area contributed by atoms with Crippen molar-refractivity contribution >= 4 is 23.2 Å². The number of nitrogens with zero attached hydrogens (tertiary/aromatic N) is 2. The summed E-state index contributed by atoms with van der Waals surface area (Å²) in [5.74, 6) is 1.81. The van der Waals surface area contributed by atoms with Crippen LogP contribution < -0.4 is 19.1 Å². The first-order chi connectivity index (χ1) is 15.1. The maximum Gasteiger partial charge on any atom is 0.254 e. The van der Waals surface area contributed by atoms with Crippen molar-refractivity contribution in [3.05, 3.63) is 47.0 Å². The van der Waals surface area contributed by atoms with Gasteiger partial charge in [-0.25, -0.2) is 0 Å². The Kier molecular flexibility index (Phi) is 8.29. The minimum Gasteiger partial charge on any atom is -0.495 e. The monoisotopic (exact) mass is 446 g/mol. The normalized spacial score (nSPS) is 13.8. The molecule has 31 heavy (non-hydrogen) atoms. The van der Waals surface area contributed by atoms with E-state index >= 15 is 0 Å². The van der Waals surface area contributed by atoms with Crippen molar-refractivity contribution < 1.29 is 19.0 Å². The second kappa shape index (κ2) is 11.1. The average Bonchev–Trinajstić information content (AvgIpc) is 2.80. The second-order valence-electron chi connectivity index (χ2n) is 7.37. The van der Waals surface area contributed by atoms with Gasteiger partial charge in [-0.2, -0.15) is 0 Å². The first-order valence-corrected chi connectivity index (χ1v) is 11.2. The van der Waals surface area contributed by atoms with Gasteiger partial charge < -0.3 is 24.0 Å². The summed E-state index contributed by atoms with van der Waals surface area (Å²) in [5, 5.41) is 0.401. The number of piperazine rings is 1. The maximum absolute atomic E-state index is 13.2. The molecule has 0 radical (unpaired) electrons. The van der Waals surface area contributed by atoms with Gasteiger partial charge in [-0.05, 0) is 37.6 Å². The van der Waals surface area contributed by atoms with Gasteiger partial charge in [0.2, 0.25) is 0 Å². The summed E-state index contributed by atoms with van der Waals surface area (Å²) in [6.07, 6.45) is 1.96. The Morgan fingerprint density at radius 3 is 2.45 bits per heavy atom. The lowest BCUT2D eigenvalue weighted by molar-refractivity contribution is 0.0746. The number of halogens is 1.